The second kappa shape index (κ2) is 9.57. The summed E-state index contributed by atoms with van der Waals surface area (Å²) in [5.74, 6) is -0.0906. The fourth-order valence-corrected chi connectivity index (χ4v) is 6.53. The molecule has 0 spiro atoms. The second-order valence-corrected chi connectivity index (χ2v) is 12.3. The van der Waals surface area contributed by atoms with Crippen LogP contribution in [0.25, 0.3) is 11.3 Å². The van der Waals surface area contributed by atoms with Crippen molar-refractivity contribution >= 4 is 27.3 Å². The zero-order valence-electron chi connectivity index (χ0n) is 20.2. The maximum absolute atomic E-state index is 13.6. The van der Waals surface area contributed by atoms with Crippen molar-refractivity contribution in [2.45, 2.75) is 48.5 Å². The van der Waals surface area contributed by atoms with E-state index in [1.165, 1.54) is 18.1 Å². The summed E-state index contributed by atoms with van der Waals surface area (Å²) in [7, 11) is -3.36. The quantitative estimate of drug-likeness (QED) is 0.540. The molecule has 3 aromatic rings. The Labute approximate surface area is 216 Å². The van der Waals surface area contributed by atoms with Crippen molar-refractivity contribution in [1.29, 1.82) is 0 Å². The zero-order chi connectivity index (χ0) is 25.5. The second-order valence-electron chi connectivity index (χ2n) is 9.82. The number of benzene rings is 2. The van der Waals surface area contributed by atoms with Crippen molar-refractivity contribution in [2.24, 2.45) is 5.73 Å². The van der Waals surface area contributed by atoms with Gasteiger partial charge in [-0.3, -0.25) is 4.79 Å². The molecule has 1 aliphatic heterocycles. The molecule has 7 nitrogen and oxygen atoms in total. The Morgan fingerprint density at radius 2 is 1.81 bits per heavy atom. The topological polar surface area (TPSA) is 106 Å². The van der Waals surface area contributed by atoms with Gasteiger partial charge in [0.05, 0.1) is 10.6 Å². The van der Waals surface area contributed by atoms with Crippen LogP contribution < -0.4 is 5.73 Å². The monoisotopic (exact) mass is 524 g/mol. The predicted molar refractivity (Wildman–Crippen MR) is 140 cm³/mol. The van der Waals surface area contributed by atoms with Crippen LogP contribution in [0.3, 0.4) is 0 Å². The van der Waals surface area contributed by atoms with Gasteiger partial charge in [-0.1, -0.05) is 35.9 Å². The first-order valence-corrected chi connectivity index (χ1v) is 14.4. The number of nitrogens with zero attached hydrogens (tertiary/aromatic N) is 3. The fourth-order valence-electron chi connectivity index (χ4n) is 5.67. The molecule has 0 bridgehead atoms. The first kappa shape index (κ1) is 24.9. The highest BCUT2D eigenvalue weighted by Crippen LogP contribution is 2.42. The highest BCUT2D eigenvalue weighted by Gasteiger charge is 2.40. The molecule has 9 heteroatoms. The molecule has 2 heterocycles. The van der Waals surface area contributed by atoms with Gasteiger partial charge in [0, 0.05) is 47.0 Å². The molecule has 0 radical (unpaired) electrons. The van der Waals surface area contributed by atoms with Gasteiger partial charge in [-0.05, 0) is 61.9 Å². The third-order valence-electron chi connectivity index (χ3n) is 7.73. The van der Waals surface area contributed by atoms with Crippen LogP contribution in [0.5, 0.6) is 0 Å². The number of hydrogen-bond donors (Lipinski definition) is 1. The van der Waals surface area contributed by atoms with Crippen LogP contribution in [-0.2, 0) is 21.7 Å². The Bertz CT molecular complexity index is 1420. The maximum Gasteiger partial charge on any atom is 0.273 e. The Kier molecular flexibility index (Phi) is 6.61. The summed E-state index contributed by atoms with van der Waals surface area (Å²) in [6, 6.07) is 14.8. The van der Waals surface area contributed by atoms with Gasteiger partial charge in [0.1, 0.15) is 12.0 Å². The summed E-state index contributed by atoms with van der Waals surface area (Å²) >= 11 is 6.25. The molecule has 1 amide bonds. The Hall–Kier alpha value is -2.81. The molecular weight excluding hydrogens is 496 g/mol. The van der Waals surface area contributed by atoms with Crippen molar-refractivity contribution in [3.05, 3.63) is 76.7 Å². The molecule has 0 saturated heterocycles. The van der Waals surface area contributed by atoms with E-state index in [2.05, 4.69) is 16.0 Å². The number of carbonyl (C=O) groups is 1. The van der Waals surface area contributed by atoms with Crippen molar-refractivity contribution in [3.8, 4) is 11.3 Å². The van der Waals surface area contributed by atoms with Crippen molar-refractivity contribution in [3.63, 3.8) is 0 Å². The number of rotatable bonds is 5. The lowest BCUT2D eigenvalue weighted by atomic mass is 9.68. The van der Waals surface area contributed by atoms with Crippen LogP contribution in [0.1, 0.15) is 47.3 Å². The third kappa shape index (κ3) is 4.53. The minimum absolute atomic E-state index is 0.0906. The minimum atomic E-state index is -3.36. The van der Waals surface area contributed by atoms with E-state index in [1.54, 1.807) is 18.2 Å². The lowest BCUT2D eigenvalue weighted by Crippen LogP contribution is -2.50. The average Bonchev–Trinajstić information content (AvgIpc) is 2.88. The number of fused-ring (bicyclic) bond motifs is 1. The molecule has 1 saturated carbocycles. The summed E-state index contributed by atoms with van der Waals surface area (Å²) in [5, 5.41) is 0.711. The zero-order valence-corrected chi connectivity index (χ0v) is 21.7. The van der Waals surface area contributed by atoms with Gasteiger partial charge >= 0.3 is 0 Å². The van der Waals surface area contributed by atoms with E-state index < -0.39 is 9.84 Å². The smallest absolute Gasteiger partial charge is 0.273 e. The Balaban J connectivity index is 1.38. The van der Waals surface area contributed by atoms with E-state index in [0.29, 0.717) is 41.5 Å². The number of amides is 1. The van der Waals surface area contributed by atoms with Crippen LogP contribution in [-0.4, -0.2) is 54.6 Å². The van der Waals surface area contributed by atoms with Gasteiger partial charge in [0.2, 0.25) is 0 Å². The van der Waals surface area contributed by atoms with Crippen LogP contribution >= 0.6 is 11.6 Å². The molecule has 1 aliphatic carbocycles. The Morgan fingerprint density at radius 1 is 1.08 bits per heavy atom. The van der Waals surface area contributed by atoms with Crippen LogP contribution in [0.4, 0.5) is 0 Å². The molecule has 2 aliphatic rings. The van der Waals surface area contributed by atoms with Gasteiger partial charge in [-0.15, -0.1) is 0 Å². The minimum Gasteiger partial charge on any atom is -0.334 e. The predicted octanol–water partition coefficient (Wildman–Crippen LogP) is 4.04. The van der Waals surface area contributed by atoms with Gasteiger partial charge in [-0.25, -0.2) is 18.4 Å². The highest BCUT2D eigenvalue weighted by atomic mass is 35.5. The van der Waals surface area contributed by atoms with E-state index >= 15 is 0 Å². The number of carbonyl (C=O) groups excluding carboxylic acids is 1. The number of hydrogen-bond acceptors (Lipinski definition) is 6. The van der Waals surface area contributed by atoms with Crippen LogP contribution in [0.15, 0.2) is 59.8 Å². The first-order chi connectivity index (χ1) is 17.2. The number of halogens is 1. The van der Waals surface area contributed by atoms with Gasteiger partial charge in [-0.2, -0.15) is 0 Å². The van der Waals surface area contributed by atoms with Gasteiger partial charge in [0.15, 0.2) is 9.84 Å². The molecule has 5 rings (SSSR count). The van der Waals surface area contributed by atoms with E-state index in [1.807, 2.05) is 29.2 Å². The number of nitrogens with two attached hydrogens (primary N) is 1. The van der Waals surface area contributed by atoms with Gasteiger partial charge < -0.3 is 10.6 Å². The summed E-state index contributed by atoms with van der Waals surface area (Å²) in [4.78, 5) is 24.5. The third-order valence-corrected chi connectivity index (χ3v) is 9.07. The normalized spacial score (nSPS) is 22.4. The Morgan fingerprint density at radius 3 is 2.50 bits per heavy atom. The number of sulfone groups is 1. The first-order valence-electron chi connectivity index (χ1n) is 12.1. The van der Waals surface area contributed by atoms with Gasteiger partial charge in [0.25, 0.3) is 5.91 Å². The molecular formula is C27H29ClN4O3S. The van der Waals surface area contributed by atoms with Crippen LogP contribution in [0, 0.1) is 0 Å². The highest BCUT2D eigenvalue weighted by molar-refractivity contribution is 7.90. The summed E-state index contributed by atoms with van der Waals surface area (Å²) < 4.78 is 24.1. The van der Waals surface area contributed by atoms with Crippen LogP contribution in [0.2, 0.25) is 5.02 Å². The summed E-state index contributed by atoms with van der Waals surface area (Å²) in [6.45, 7) is 1.12. The van der Waals surface area contributed by atoms with Crippen molar-refractivity contribution in [2.75, 3.05) is 19.3 Å². The van der Waals surface area contributed by atoms with Crippen molar-refractivity contribution < 1.29 is 13.2 Å². The summed E-state index contributed by atoms with van der Waals surface area (Å²) in [5.41, 5.74) is 9.77. The lowest BCUT2D eigenvalue weighted by Gasteiger charge is -2.44. The summed E-state index contributed by atoms with van der Waals surface area (Å²) in [6.07, 6.45) is 6.68. The molecule has 1 aromatic heterocycles. The molecule has 2 aromatic carbocycles. The fraction of sp³-hybridized carbons (Fsp3) is 0.370. The lowest BCUT2D eigenvalue weighted by molar-refractivity contribution is 0.0568. The molecule has 2 N–H and O–H groups in total. The van der Waals surface area contributed by atoms with E-state index in [-0.39, 0.29) is 22.3 Å². The standard InChI is InChI=1S/C27H29ClN4O3S/c1-36(34,35)22-7-2-4-18(14-22)24-23-10-13-32(26(33)25(23)31-17-30-24)21-8-11-27(16-29,12-9-21)19-5-3-6-20(28)15-19/h2-7,14-15,17,21H,8-13,16,29H2,1H3/t21-,27+. The van der Waals surface area contributed by atoms with E-state index in [4.69, 9.17) is 17.3 Å². The number of aromatic nitrogens is 2. The molecule has 1 fully saturated rings. The average molecular weight is 525 g/mol. The largest absolute Gasteiger partial charge is 0.334 e. The molecule has 188 valence electrons. The maximum atomic E-state index is 13.6. The SMILES string of the molecule is CS(=O)(=O)c1cccc(-c2ncnc3c2CCN([C@H]2CC[C@@](CN)(c4cccc(Cl)c4)CC2)C3=O)c1. The van der Waals surface area contributed by atoms with Crippen molar-refractivity contribution in [1.82, 2.24) is 14.9 Å². The van der Waals surface area contributed by atoms with E-state index in [9.17, 15) is 13.2 Å². The molecule has 36 heavy (non-hydrogen) atoms. The molecule has 0 atom stereocenters. The van der Waals surface area contributed by atoms with E-state index in [0.717, 1.165) is 31.2 Å². The molecule has 0 unspecified atom stereocenters.